The predicted octanol–water partition coefficient (Wildman–Crippen LogP) is 4.27. The van der Waals surface area contributed by atoms with E-state index < -0.39 is 0 Å². The molecule has 0 aromatic heterocycles. The maximum atomic E-state index is 2.38. The van der Waals surface area contributed by atoms with Gasteiger partial charge in [-0.2, -0.15) is 0 Å². The Kier molecular flexibility index (Phi) is 2.04. The molecule has 0 saturated heterocycles. The third-order valence-corrected chi connectivity index (χ3v) is 3.95. The van der Waals surface area contributed by atoms with Crippen LogP contribution in [0, 0.1) is 0 Å². The molecule has 0 bridgehead atoms. The van der Waals surface area contributed by atoms with Crippen LogP contribution in [0.25, 0.3) is 11.6 Å². The van der Waals surface area contributed by atoms with Crippen molar-refractivity contribution in [3.63, 3.8) is 0 Å². The van der Waals surface area contributed by atoms with Crippen molar-refractivity contribution in [3.05, 3.63) is 82.4 Å². The number of benzene rings is 2. The molecule has 86 valence electrons. The summed E-state index contributed by atoms with van der Waals surface area (Å²) in [6.07, 6.45) is 6.89. The Balaban J connectivity index is 1.77. The molecule has 2 aromatic rings. The molecule has 0 unspecified atom stereocenters. The molecule has 18 heavy (non-hydrogen) atoms. The van der Waals surface area contributed by atoms with Gasteiger partial charge in [0, 0.05) is 0 Å². The zero-order valence-electron chi connectivity index (χ0n) is 10.2. The summed E-state index contributed by atoms with van der Waals surface area (Å²) >= 11 is 0. The molecule has 0 spiro atoms. The summed E-state index contributed by atoms with van der Waals surface area (Å²) < 4.78 is 0. The van der Waals surface area contributed by atoms with Gasteiger partial charge in [0.05, 0.1) is 0 Å². The van der Waals surface area contributed by atoms with Gasteiger partial charge in [-0.15, -0.1) is 0 Å². The van der Waals surface area contributed by atoms with E-state index in [0.29, 0.717) is 0 Å². The molecule has 2 aromatic carbocycles. The molecular weight excluding hydrogens is 216 g/mol. The lowest BCUT2D eigenvalue weighted by molar-refractivity contribution is 1.25. The van der Waals surface area contributed by atoms with Crippen LogP contribution in [0.5, 0.6) is 0 Å². The molecule has 2 aliphatic carbocycles. The first kappa shape index (κ1) is 9.90. The van der Waals surface area contributed by atoms with Crippen LogP contribution in [0.2, 0.25) is 0 Å². The fourth-order valence-corrected chi connectivity index (χ4v) is 3.04. The molecule has 0 heteroatoms. The van der Waals surface area contributed by atoms with Crippen LogP contribution in [0.1, 0.15) is 22.3 Å². The molecule has 0 saturated carbocycles. The maximum Gasteiger partial charge on any atom is -0.00136 e. The summed E-state index contributed by atoms with van der Waals surface area (Å²) in [5.41, 5.74) is 8.65. The first-order chi connectivity index (χ1) is 8.92. The van der Waals surface area contributed by atoms with Gasteiger partial charge in [0.25, 0.3) is 0 Å². The Morgan fingerprint density at radius 3 is 2.44 bits per heavy atom. The average molecular weight is 230 g/mol. The minimum Gasteiger partial charge on any atom is -0.0719 e. The van der Waals surface area contributed by atoms with Crippen molar-refractivity contribution >= 4 is 11.6 Å². The Bertz CT molecular complexity index is 687. The van der Waals surface area contributed by atoms with Crippen molar-refractivity contribution in [3.8, 4) is 0 Å². The number of fused-ring (bicyclic) bond motifs is 2. The first-order valence-electron chi connectivity index (χ1n) is 6.49. The Labute approximate surface area is 107 Å². The van der Waals surface area contributed by atoms with Crippen molar-refractivity contribution in [1.82, 2.24) is 0 Å². The molecular formula is C18H14. The minimum absolute atomic E-state index is 1.08. The minimum atomic E-state index is 1.08. The van der Waals surface area contributed by atoms with E-state index in [1.54, 1.807) is 0 Å². The van der Waals surface area contributed by atoms with E-state index in [-0.39, 0.29) is 0 Å². The van der Waals surface area contributed by atoms with Gasteiger partial charge in [-0.1, -0.05) is 60.7 Å². The highest BCUT2D eigenvalue weighted by Crippen LogP contribution is 2.38. The van der Waals surface area contributed by atoms with E-state index in [9.17, 15) is 0 Å². The van der Waals surface area contributed by atoms with Crippen LogP contribution in [0.3, 0.4) is 0 Å². The van der Waals surface area contributed by atoms with E-state index >= 15 is 0 Å². The summed E-state index contributed by atoms with van der Waals surface area (Å²) in [5.74, 6) is 0. The average Bonchev–Trinajstić information content (AvgIpc) is 3.02. The summed E-state index contributed by atoms with van der Waals surface area (Å²) in [7, 11) is 0. The van der Waals surface area contributed by atoms with Crippen LogP contribution in [-0.2, 0) is 12.8 Å². The Morgan fingerprint density at radius 1 is 0.778 bits per heavy atom. The second kappa shape index (κ2) is 3.71. The largest absolute Gasteiger partial charge is 0.0719 e. The van der Waals surface area contributed by atoms with Crippen molar-refractivity contribution < 1.29 is 0 Å². The Morgan fingerprint density at radius 2 is 1.56 bits per heavy atom. The van der Waals surface area contributed by atoms with Crippen molar-refractivity contribution in [1.29, 1.82) is 0 Å². The standard InChI is InChI=1S/C18H14/c1-2-7-15-12-16(11-14(15)6-1)18-10-9-13-5-3-4-8-17(13)18/h1-8,10-11H,9,12H2. The SMILES string of the molecule is C1=C(C2=CCc3ccccc32)Cc2ccccc21. The molecule has 0 aliphatic heterocycles. The molecule has 0 atom stereocenters. The lowest BCUT2D eigenvalue weighted by Gasteiger charge is -2.06. The highest BCUT2D eigenvalue weighted by atomic mass is 14.2. The number of hydrogen-bond donors (Lipinski definition) is 0. The Hall–Kier alpha value is -2.08. The first-order valence-corrected chi connectivity index (χ1v) is 6.49. The topological polar surface area (TPSA) is 0 Å². The molecule has 0 fully saturated rings. The van der Waals surface area contributed by atoms with E-state index in [0.717, 1.165) is 12.8 Å². The van der Waals surface area contributed by atoms with Crippen LogP contribution in [0.15, 0.2) is 60.2 Å². The van der Waals surface area contributed by atoms with Gasteiger partial charge < -0.3 is 0 Å². The lowest BCUT2D eigenvalue weighted by atomic mass is 9.98. The molecule has 0 amide bonds. The predicted molar refractivity (Wildman–Crippen MR) is 76.2 cm³/mol. The smallest absolute Gasteiger partial charge is 0.00136 e. The second-order valence-electron chi connectivity index (χ2n) is 5.02. The summed E-state index contributed by atoms with van der Waals surface area (Å²) in [6, 6.07) is 17.5. The van der Waals surface area contributed by atoms with Crippen molar-refractivity contribution in [2.75, 3.05) is 0 Å². The summed E-state index contributed by atoms with van der Waals surface area (Å²) in [5, 5.41) is 0. The normalized spacial score (nSPS) is 16.0. The van der Waals surface area contributed by atoms with Crippen LogP contribution in [-0.4, -0.2) is 0 Å². The zero-order chi connectivity index (χ0) is 11.9. The fraction of sp³-hybridized carbons (Fsp3) is 0.111. The second-order valence-corrected chi connectivity index (χ2v) is 5.02. The van der Waals surface area contributed by atoms with Gasteiger partial charge in [0.15, 0.2) is 0 Å². The van der Waals surface area contributed by atoms with Crippen molar-refractivity contribution in [2.24, 2.45) is 0 Å². The molecule has 0 radical (unpaired) electrons. The molecule has 0 N–H and O–H groups in total. The van der Waals surface area contributed by atoms with Crippen LogP contribution < -0.4 is 0 Å². The molecule has 4 rings (SSSR count). The quantitative estimate of drug-likeness (QED) is 0.686. The van der Waals surface area contributed by atoms with E-state index in [4.69, 9.17) is 0 Å². The highest BCUT2D eigenvalue weighted by Gasteiger charge is 2.20. The van der Waals surface area contributed by atoms with E-state index in [2.05, 4.69) is 60.7 Å². The molecule has 0 nitrogen and oxygen atoms in total. The molecule has 2 aliphatic rings. The van der Waals surface area contributed by atoms with Gasteiger partial charge >= 0.3 is 0 Å². The van der Waals surface area contributed by atoms with E-state index in [1.165, 1.54) is 33.4 Å². The maximum absolute atomic E-state index is 2.38. The summed E-state index contributed by atoms with van der Waals surface area (Å²) in [6.45, 7) is 0. The van der Waals surface area contributed by atoms with Gasteiger partial charge in [-0.25, -0.2) is 0 Å². The number of rotatable bonds is 1. The lowest BCUT2D eigenvalue weighted by Crippen LogP contribution is -1.89. The third-order valence-electron chi connectivity index (χ3n) is 3.95. The van der Waals surface area contributed by atoms with Gasteiger partial charge in [0.1, 0.15) is 0 Å². The van der Waals surface area contributed by atoms with Crippen molar-refractivity contribution in [2.45, 2.75) is 12.8 Å². The zero-order valence-corrected chi connectivity index (χ0v) is 10.2. The van der Waals surface area contributed by atoms with E-state index in [1.807, 2.05) is 0 Å². The van der Waals surface area contributed by atoms with Gasteiger partial charge in [0.2, 0.25) is 0 Å². The monoisotopic (exact) mass is 230 g/mol. The van der Waals surface area contributed by atoms with Crippen LogP contribution in [0.4, 0.5) is 0 Å². The fourth-order valence-electron chi connectivity index (χ4n) is 3.04. The van der Waals surface area contributed by atoms with Gasteiger partial charge in [-0.3, -0.25) is 0 Å². The number of allylic oxidation sites excluding steroid dienone is 3. The number of hydrogen-bond acceptors (Lipinski definition) is 0. The summed E-state index contributed by atoms with van der Waals surface area (Å²) in [4.78, 5) is 0. The van der Waals surface area contributed by atoms with Crippen LogP contribution >= 0.6 is 0 Å². The third kappa shape index (κ3) is 1.39. The molecule has 0 heterocycles. The highest BCUT2D eigenvalue weighted by molar-refractivity contribution is 5.91. The van der Waals surface area contributed by atoms with Gasteiger partial charge in [-0.05, 0) is 46.2 Å².